The lowest BCUT2D eigenvalue weighted by Gasteiger charge is -2.37. The minimum Gasteiger partial charge on any atom is -0.496 e. The second kappa shape index (κ2) is 10.5. The Morgan fingerprint density at radius 3 is 2.63 bits per heavy atom. The molecule has 3 heterocycles. The summed E-state index contributed by atoms with van der Waals surface area (Å²) in [6, 6.07) is 4.29. The third-order valence-corrected chi connectivity index (χ3v) is 6.62. The minimum atomic E-state index is -0.751. The van der Waals surface area contributed by atoms with Gasteiger partial charge in [-0.15, -0.1) is 0 Å². The first kappa shape index (κ1) is 24.8. The van der Waals surface area contributed by atoms with Crippen molar-refractivity contribution in [2.24, 2.45) is 0 Å². The number of amides is 1. The van der Waals surface area contributed by atoms with Crippen LogP contribution in [0.5, 0.6) is 5.75 Å². The van der Waals surface area contributed by atoms with Crippen LogP contribution in [0.25, 0.3) is 11.0 Å². The van der Waals surface area contributed by atoms with E-state index >= 15 is 0 Å². The Labute approximate surface area is 203 Å². The van der Waals surface area contributed by atoms with Crippen LogP contribution in [0, 0.1) is 12.9 Å². The molecule has 9 heteroatoms. The highest BCUT2D eigenvalue weighted by Gasteiger charge is 2.28. The fourth-order valence-corrected chi connectivity index (χ4v) is 4.97. The Bertz CT molecular complexity index is 1280. The quantitative estimate of drug-likeness (QED) is 0.499. The van der Waals surface area contributed by atoms with Gasteiger partial charge in [-0.3, -0.25) is 9.59 Å². The van der Waals surface area contributed by atoms with Crippen LogP contribution in [0.1, 0.15) is 53.9 Å². The van der Waals surface area contributed by atoms with Gasteiger partial charge >= 0.3 is 0 Å². The number of pyridine rings is 1. The van der Waals surface area contributed by atoms with E-state index in [4.69, 9.17) is 13.9 Å². The van der Waals surface area contributed by atoms with E-state index < -0.39 is 11.9 Å². The molecule has 4 rings (SSSR count). The molecule has 0 radical (unpaired) electrons. The van der Waals surface area contributed by atoms with Gasteiger partial charge in [0.15, 0.2) is 0 Å². The molecule has 8 nitrogen and oxygen atoms in total. The third kappa shape index (κ3) is 4.91. The second-order valence-corrected chi connectivity index (χ2v) is 8.71. The van der Waals surface area contributed by atoms with Crippen molar-refractivity contribution in [2.75, 3.05) is 31.8 Å². The number of furan rings is 1. The maximum Gasteiger partial charge on any atom is 0.278 e. The second-order valence-electron chi connectivity index (χ2n) is 8.71. The number of carbonyl (C=O) groups is 1. The zero-order valence-corrected chi connectivity index (χ0v) is 20.6. The van der Waals surface area contributed by atoms with Crippen molar-refractivity contribution >= 4 is 22.6 Å². The van der Waals surface area contributed by atoms with Gasteiger partial charge in [0.1, 0.15) is 11.3 Å². The van der Waals surface area contributed by atoms with Crippen LogP contribution >= 0.6 is 0 Å². The molecule has 1 amide bonds. The summed E-state index contributed by atoms with van der Waals surface area (Å²) in [6.07, 6.45) is 2.31. The number of H-pyrrole nitrogens is 1. The lowest BCUT2D eigenvalue weighted by atomic mass is 9.95. The molecule has 3 aromatic rings. The van der Waals surface area contributed by atoms with Crippen molar-refractivity contribution in [1.82, 2.24) is 10.3 Å². The Kier molecular flexibility index (Phi) is 7.45. The molecule has 0 aliphatic carbocycles. The molecule has 1 aliphatic rings. The lowest BCUT2D eigenvalue weighted by Crippen LogP contribution is -2.40. The van der Waals surface area contributed by atoms with Crippen LogP contribution in [0.3, 0.4) is 0 Å². The third-order valence-electron chi connectivity index (χ3n) is 6.62. The van der Waals surface area contributed by atoms with E-state index in [1.54, 1.807) is 13.0 Å². The first-order chi connectivity index (χ1) is 16.9. The van der Waals surface area contributed by atoms with Gasteiger partial charge in [-0.1, -0.05) is 6.92 Å². The molecule has 0 atom stereocenters. The van der Waals surface area contributed by atoms with Crippen LogP contribution in [0.15, 0.2) is 27.4 Å². The van der Waals surface area contributed by atoms with Crippen LogP contribution in [0.2, 0.25) is 0 Å². The van der Waals surface area contributed by atoms with Crippen LogP contribution in [-0.2, 0) is 17.7 Å². The maximum absolute atomic E-state index is 14.2. The summed E-state index contributed by atoms with van der Waals surface area (Å²) in [5, 5.41) is 3.26. The Morgan fingerprint density at radius 2 is 1.97 bits per heavy atom. The number of methoxy groups -OCH3 is 1. The number of ether oxygens (including phenoxy) is 2. The average molecular weight is 486 g/mol. The van der Waals surface area contributed by atoms with E-state index in [1.165, 1.54) is 13.2 Å². The van der Waals surface area contributed by atoms with Crippen molar-refractivity contribution in [1.29, 1.82) is 0 Å². The molecule has 2 N–H and O–H groups in total. The van der Waals surface area contributed by atoms with Crippen molar-refractivity contribution in [2.45, 2.75) is 52.6 Å². The molecule has 0 unspecified atom stereocenters. The highest BCUT2D eigenvalue weighted by atomic mass is 19.1. The zero-order valence-electron chi connectivity index (χ0n) is 20.6. The number of fused-ring (bicyclic) bond motifs is 1. The highest BCUT2D eigenvalue weighted by molar-refractivity contribution is 6.09. The summed E-state index contributed by atoms with van der Waals surface area (Å²) in [6.45, 7) is 7.85. The predicted octanol–water partition coefficient (Wildman–Crippen LogP) is 4.07. The molecule has 0 spiro atoms. The zero-order chi connectivity index (χ0) is 25.1. The summed E-state index contributed by atoms with van der Waals surface area (Å²) in [5.41, 5.74) is 2.99. The van der Waals surface area contributed by atoms with Crippen molar-refractivity contribution in [3.05, 3.63) is 57.0 Å². The number of aryl methyl sites for hydroxylation is 1. The Morgan fingerprint density at radius 1 is 1.23 bits per heavy atom. The van der Waals surface area contributed by atoms with Gasteiger partial charge in [-0.2, -0.15) is 4.39 Å². The molecule has 0 bridgehead atoms. The van der Waals surface area contributed by atoms with Gasteiger partial charge in [0.25, 0.3) is 17.5 Å². The molecular formula is C26H32FN3O5. The number of hydrogen-bond acceptors (Lipinski definition) is 6. The summed E-state index contributed by atoms with van der Waals surface area (Å²) in [7, 11) is 1.48. The van der Waals surface area contributed by atoms with Crippen molar-refractivity contribution in [3.8, 4) is 5.75 Å². The number of aromatic nitrogens is 1. The number of anilines is 1. The van der Waals surface area contributed by atoms with Crippen LogP contribution in [-0.4, -0.2) is 43.8 Å². The topological polar surface area (TPSA) is 96.8 Å². The van der Waals surface area contributed by atoms with Gasteiger partial charge in [0, 0.05) is 54.7 Å². The van der Waals surface area contributed by atoms with E-state index in [9.17, 15) is 14.0 Å². The number of benzene rings is 1. The van der Waals surface area contributed by atoms with Gasteiger partial charge in [-0.05, 0) is 44.7 Å². The normalized spacial score (nSPS) is 14.3. The SMILES string of the molecule is CCc1c(N(CC)C2CCOCC2)cc2oc(F)cc2c1C(=O)NCc1c(OC)cc(C)[nH]c1=O. The number of aromatic amines is 1. The highest BCUT2D eigenvalue weighted by Crippen LogP contribution is 2.36. The smallest absolute Gasteiger partial charge is 0.278 e. The van der Waals surface area contributed by atoms with Gasteiger partial charge in [-0.25, -0.2) is 0 Å². The van der Waals surface area contributed by atoms with E-state index in [-0.39, 0.29) is 18.1 Å². The largest absolute Gasteiger partial charge is 0.496 e. The molecule has 35 heavy (non-hydrogen) atoms. The molecule has 188 valence electrons. The van der Waals surface area contributed by atoms with Crippen LogP contribution in [0.4, 0.5) is 10.1 Å². The summed E-state index contributed by atoms with van der Waals surface area (Å²) in [4.78, 5) is 31.1. The van der Waals surface area contributed by atoms with Gasteiger partial charge in [0.05, 0.1) is 24.8 Å². The minimum absolute atomic E-state index is 0.0374. The fourth-order valence-electron chi connectivity index (χ4n) is 4.97. The number of halogens is 1. The van der Waals surface area contributed by atoms with Crippen LogP contribution < -0.4 is 20.5 Å². The molecular weight excluding hydrogens is 453 g/mol. The molecule has 1 fully saturated rings. The number of nitrogens with one attached hydrogen (secondary N) is 2. The monoisotopic (exact) mass is 485 g/mol. The summed E-state index contributed by atoms with van der Waals surface area (Å²) in [5.74, 6) is -0.00764. The number of carbonyl (C=O) groups excluding carboxylic acids is 1. The first-order valence-corrected chi connectivity index (χ1v) is 12.0. The molecule has 1 aromatic carbocycles. The van der Waals surface area contributed by atoms with E-state index in [2.05, 4.69) is 22.1 Å². The molecule has 0 saturated carbocycles. The van der Waals surface area contributed by atoms with E-state index in [0.717, 1.165) is 30.6 Å². The van der Waals surface area contributed by atoms with Gasteiger partial charge in [0.2, 0.25) is 0 Å². The Balaban J connectivity index is 1.76. The first-order valence-electron chi connectivity index (χ1n) is 12.0. The van der Waals surface area contributed by atoms with Crippen molar-refractivity contribution < 1.29 is 23.1 Å². The summed E-state index contributed by atoms with van der Waals surface area (Å²) >= 11 is 0. The maximum atomic E-state index is 14.2. The predicted molar refractivity (Wildman–Crippen MR) is 132 cm³/mol. The number of nitrogens with zero attached hydrogens (tertiary/aromatic N) is 1. The van der Waals surface area contributed by atoms with E-state index in [1.807, 2.05) is 13.0 Å². The fraction of sp³-hybridized carbons (Fsp3) is 0.462. The average Bonchev–Trinajstić information content (AvgIpc) is 3.22. The standard InChI is InChI=1S/C26H32FN3O5/c1-5-17-20(30(6-2)16-7-9-34-10-8-16)13-22-18(12-23(27)35-22)24(17)26(32)28-14-19-21(33-4)11-15(3)29-25(19)31/h11-13,16H,5-10,14H2,1-4H3,(H,28,32)(H,29,31). The number of hydrogen-bond donors (Lipinski definition) is 2. The Hall–Kier alpha value is -3.33. The molecule has 1 aliphatic heterocycles. The van der Waals surface area contributed by atoms with Crippen molar-refractivity contribution in [3.63, 3.8) is 0 Å². The lowest BCUT2D eigenvalue weighted by molar-refractivity contribution is 0.0845. The van der Waals surface area contributed by atoms with Gasteiger partial charge < -0.3 is 29.1 Å². The summed E-state index contributed by atoms with van der Waals surface area (Å²) < 4.78 is 30.4. The van der Waals surface area contributed by atoms with E-state index in [0.29, 0.717) is 53.2 Å². The number of rotatable bonds is 8. The molecule has 1 saturated heterocycles. The molecule has 2 aromatic heterocycles.